The normalized spacial score (nSPS) is 12.2. The van der Waals surface area contributed by atoms with Gasteiger partial charge in [0.1, 0.15) is 0 Å². The van der Waals surface area contributed by atoms with Crippen molar-refractivity contribution in [2.75, 3.05) is 12.8 Å². The van der Waals surface area contributed by atoms with E-state index in [0.717, 1.165) is 17.8 Å². The van der Waals surface area contributed by atoms with E-state index in [1.807, 2.05) is 55.8 Å². The lowest BCUT2D eigenvalue weighted by molar-refractivity contribution is 0.309. The lowest BCUT2D eigenvalue weighted by Gasteiger charge is -2.18. The Kier molecular flexibility index (Phi) is 6.69. The van der Waals surface area contributed by atoms with Crippen molar-refractivity contribution >= 4 is 21.2 Å². The van der Waals surface area contributed by atoms with E-state index in [4.69, 9.17) is 0 Å². The molecule has 2 aromatic heterocycles. The van der Waals surface area contributed by atoms with Crippen molar-refractivity contribution in [1.82, 2.24) is 14.5 Å². The Bertz CT molecular complexity index is 978. The van der Waals surface area contributed by atoms with Crippen LogP contribution in [0.3, 0.4) is 0 Å². The van der Waals surface area contributed by atoms with Gasteiger partial charge >= 0.3 is 0 Å². The molecule has 0 fully saturated rings. The van der Waals surface area contributed by atoms with Crippen LogP contribution in [-0.2, 0) is 29.5 Å². The first kappa shape index (κ1) is 20.8. The molecule has 3 rings (SSSR count). The fourth-order valence-electron chi connectivity index (χ4n) is 3.24. The molecule has 0 aliphatic heterocycles. The minimum Gasteiger partial charge on any atom is -0.313 e. The van der Waals surface area contributed by atoms with Gasteiger partial charge in [-0.1, -0.05) is 44.2 Å². The second kappa shape index (κ2) is 9.03. The van der Waals surface area contributed by atoms with Crippen LogP contribution in [-0.4, -0.2) is 35.7 Å². The molecule has 0 saturated carbocycles. The molecule has 1 aromatic carbocycles. The van der Waals surface area contributed by atoms with Crippen molar-refractivity contribution in [3.8, 4) is 0 Å². The van der Waals surface area contributed by atoms with Gasteiger partial charge in [-0.2, -0.15) is 11.3 Å². The maximum Gasteiger partial charge on any atom is 0.228 e. The molecule has 2 heterocycles. The Hall–Kier alpha value is -1.96. The molecule has 0 aliphatic rings. The summed E-state index contributed by atoms with van der Waals surface area (Å²) in [6.07, 6.45) is 1.71. The average Bonchev–Trinajstić information content (AvgIpc) is 3.25. The van der Waals surface area contributed by atoms with Gasteiger partial charge in [0.05, 0.1) is 24.2 Å². The highest BCUT2D eigenvalue weighted by molar-refractivity contribution is 7.91. The molecule has 7 heteroatoms. The molecule has 0 radical (unpaired) electrons. The number of rotatable bonds is 9. The third-order valence-electron chi connectivity index (χ3n) is 4.38. The Balaban J connectivity index is 1.90. The van der Waals surface area contributed by atoms with Crippen molar-refractivity contribution in [3.63, 3.8) is 0 Å². The predicted molar refractivity (Wildman–Crippen MR) is 114 cm³/mol. The second-order valence-electron chi connectivity index (χ2n) is 7.58. The van der Waals surface area contributed by atoms with Crippen LogP contribution in [0.25, 0.3) is 0 Å². The van der Waals surface area contributed by atoms with Gasteiger partial charge < -0.3 is 4.57 Å². The molecule has 0 unspecified atom stereocenters. The highest BCUT2D eigenvalue weighted by Crippen LogP contribution is 2.19. The highest BCUT2D eigenvalue weighted by atomic mass is 32.2. The van der Waals surface area contributed by atoms with Crippen LogP contribution in [0, 0.1) is 5.92 Å². The Labute approximate surface area is 171 Å². The summed E-state index contributed by atoms with van der Waals surface area (Å²) in [5.41, 5.74) is 3.22. The topological polar surface area (TPSA) is 55.2 Å². The molecule has 0 amide bonds. The molecule has 5 nitrogen and oxygen atoms in total. The van der Waals surface area contributed by atoms with Gasteiger partial charge in [0.25, 0.3) is 0 Å². The maximum absolute atomic E-state index is 12.9. The van der Waals surface area contributed by atoms with Crippen LogP contribution >= 0.6 is 11.3 Å². The molecule has 0 aliphatic carbocycles. The number of thiophene rings is 1. The summed E-state index contributed by atoms with van der Waals surface area (Å²) < 4.78 is 27.7. The molecule has 3 aromatic rings. The van der Waals surface area contributed by atoms with Crippen molar-refractivity contribution in [2.45, 2.75) is 38.6 Å². The smallest absolute Gasteiger partial charge is 0.228 e. The monoisotopic (exact) mass is 417 g/mol. The summed E-state index contributed by atoms with van der Waals surface area (Å²) in [4.78, 5) is 6.52. The van der Waals surface area contributed by atoms with Crippen LogP contribution in [0.5, 0.6) is 0 Å². The molecular weight excluding hydrogens is 390 g/mol. The van der Waals surface area contributed by atoms with E-state index in [9.17, 15) is 8.42 Å². The van der Waals surface area contributed by atoms with Crippen LogP contribution in [0.2, 0.25) is 0 Å². The minimum absolute atomic E-state index is 0.0524. The zero-order chi connectivity index (χ0) is 20.1. The number of hydrogen-bond donors (Lipinski definition) is 0. The van der Waals surface area contributed by atoms with Crippen LogP contribution in [0.1, 0.15) is 30.7 Å². The van der Waals surface area contributed by atoms with Crippen molar-refractivity contribution in [2.24, 2.45) is 5.92 Å². The van der Waals surface area contributed by atoms with Gasteiger partial charge in [-0.15, -0.1) is 0 Å². The zero-order valence-electron chi connectivity index (χ0n) is 16.6. The van der Waals surface area contributed by atoms with Crippen LogP contribution in [0.15, 0.2) is 58.5 Å². The summed E-state index contributed by atoms with van der Waals surface area (Å²) in [5, 5.41) is 4.37. The molecule has 28 heavy (non-hydrogen) atoms. The third-order valence-corrected chi connectivity index (χ3v) is 7.10. The van der Waals surface area contributed by atoms with Gasteiger partial charge in [-0.3, -0.25) is 4.90 Å². The second-order valence-corrected chi connectivity index (χ2v) is 10.3. The number of benzene rings is 1. The number of hydrogen-bond acceptors (Lipinski definition) is 5. The average molecular weight is 418 g/mol. The highest BCUT2D eigenvalue weighted by Gasteiger charge is 2.25. The van der Waals surface area contributed by atoms with Crippen LogP contribution < -0.4 is 0 Å². The van der Waals surface area contributed by atoms with Gasteiger partial charge in [0.2, 0.25) is 15.0 Å². The number of aromatic nitrogens is 2. The predicted octanol–water partition coefficient (Wildman–Crippen LogP) is 4.05. The van der Waals surface area contributed by atoms with Gasteiger partial charge in [0, 0.05) is 13.1 Å². The van der Waals surface area contributed by atoms with E-state index in [-0.39, 0.29) is 16.8 Å². The number of imidazole rings is 1. The van der Waals surface area contributed by atoms with E-state index in [1.54, 1.807) is 17.5 Å². The third kappa shape index (κ3) is 5.31. The van der Waals surface area contributed by atoms with E-state index in [2.05, 4.69) is 26.7 Å². The lowest BCUT2D eigenvalue weighted by Crippen LogP contribution is -2.22. The molecule has 0 bridgehead atoms. The van der Waals surface area contributed by atoms with Crippen molar-refractivity contribution in [1.29, 1.82) is 0 Å². The SMILES string of the molecule is CC(C)CS(=O)(=O)c1ncc(CN(C)Cc2ccsc2)n1Cc1ccccc1. The first-order chi connectivity index (χ1) is 13.3. The molecule has 150 valence electrons. The molecule has 0 spiro atoms. The summed E-state index contributed by atoms with van der Waals surface area (Å²) in [6.45, 7) is 5.77. The fourth-order valence-corrected chi connectivity index (χ4v) is 5.66. The molecular formula is C21H27N3O2S2. The summed E-state index contributed by atoms with van der Waals surface area (Å²) in [7, 11) is -1.40. The number of nitrogens with zero attached hydrogens (tertiary/aromatic N) is 3. The summed E-state index contributed by atoms with van der Waals surface area (Å²) in [5.74, 6) is 0.153. The minimum atomic E-state index is -3.44. The molecule has 0 atom stereocenters. The standard InChI is InChI=1S/C21H27N3O2S2/c1-17(2)16-28(25,26)21-22-11-20(14-23(3)12-19-9-10-27-15-19)24(21)13-18-7-5-4-6-8-18/h4-11,15,17H,12-14,16H2,1-3H3. The van der Waals surface area contributed by atoms with E-state index in [1.165, 1.54) is 5.56 Å². The molecule has 0 N–H and O–H groups in total. The Morgan fingerprint density at radius 1 is 1.11 bits per heavy atom. The maximum atomic E-state index is 12.9. The Morgan fingerprint density at radius 3 is 2.50 bits per heavy atom. The van der Waals surface area contributed by atoms with Crippen LogP contribution in [0.4, 0.5) is 0 Å². The first-order valence-electron chi connectivity index (χ1n) is 9.36. The lowest BCUT2D eigenvalue weighted by atomic mass is 10.2. The van der Waals surface area contributed by atoms with E-state index in [0.29, 0.717) is 13.1 Å². The van der Waals surface area contributed by atoms with Gasteiger partial charge in [-0.05, 0) is 40.9 Å². The fraction of sp³-hybridized carbons (Fsp3) is 0.381. The van der Waals surface area contributed by atoms with E-state index < -0.39 is 9.84 Å². The number of sulfone groups is 1. The molecule has 0 saturated heterocycles. The largest absolute Gasteiger partial charge is 0.313 e. The summed E-state index contributed by atoms with van der Waals surface area (Å²) >= 11 is 1.68. The summed E-state index contributed by atoms with van der Waals surface area (Å²) in [6, 6.07) is 12.0. The van der Waals surface area contributed by atoms with Gasteiger partial charge in [-0.25, -0.2) is 13.4 Å². The Morgan fingerprint density at radius 2 is 1.86 bits per heavy atom. The van der Waals surface area contributed by atoms with E-state index >= 15 is 0 Å². The zero-order valence-corrected chi connectivity index (χ0v) is 18.2. The first-order valence-corrected chi connectivity index (χ1v) is 12.0. The van der Waals surface area contributed by atoms with Crippen molar-refractivity contribution < 1.29 is 8.42 Å². The van der Waals surface area contributed by atoms with Crippen molar-refractivity contribution in [3.05, 3.63) is 70.2 Å². The van der Waals surface area contributed by atoms with Gasteiger partial charge in [0.15, 0.2) is 0 Å². The quantitative estimate of drug-likeness (QED) is 0.527.